The van der Waals surface area contributed by atoms with Crippen LogP contribution in [-0.4, -0.2) is 38.7 Å². The molecule has 2 aromatic heterocycles. The minimum Gasteiger partial charge on any atom is -0.368 e. The summed E-state index contributed by atoms with van der Waals surface area (Å²) in [6.45, 7) is 1.36. The summed E-state index contributed by atoms with van der Waals surface area (Å²) in [5, 5.41) is 3.98. The van der Waals surface area contributed by atoms with Crippen LogP contribution in [0.15, 0.2) is 24.5 Å². The van der Waals surface area contributed by atoms with Crippen molar-refractivity contribution >= 4 is 34.3 Å². The van der Waals surface area contributed by atoms with Crippen LogP contribution in [0.2, 0.25) is 0 Å². The highest BCUT2D eigenvalue weighted by atomic mass is 19.2. The van der Waals surface area contributed by atoms with E-state index >= 15 is 0 Å². The van der Waals surface area contributed by atoms with Crippen molar-refractivity contribution in [3.05, 3.63) is 36.2 Å². The van der Waals surface area contributed by atoms with Crippen molar-refractivity contribution in [2.24, 2.45) is 13.0 Å². The number of rotatable bonds is 4. The lowest BCUT2D eigenvalue weighted by Gasteiger charge is -2.32. The maximum Gasteiger partial charge on any atom is 0.243 e. The molecule has 4 N–H and O–H groups in total. The Bertz CT molecular complexity index is 1070. The largest absolute Gasteiger partial charge is 0.368 e. The Hall–Kier alpha value is -3.50. The molecule has 4 rings (SSSR count). The number of amides is 1. The zero-order valence-electron chi connectivity index (χ0n) is 15.7. The minimum atomic E-state index is -1.11. The third-order valence-corrected chi connectivity index (χ3v) is 4.92. The Morgan fingerprint density at radius 1 is 1.31 bits per heavy atom. The molecule has 11 heteroatoms. The number of carbonyl (C=O) groups excluding carboxylic acids is 1. The molecule has 1 atom stereocenters. The molecule has 1 aliphatic heterocycles. The molecule has 29 heavy (non-hydrogen) atoms. The number of hydrogen-bond donors (Lipinski definition) is 3. The number of fused-ring (bicyclic) bond motifs is 1. The first-order chi connectivity index (χ1) is 13.9. The molecule has 0 radical (unpaired) electrons. The van der Waals surface area contributed by atoms with Gasteiger partial charge in [0.25, 0.3) is 0 Å². The van der Waals surface area contributed by atoms with E-state index in [1.54, 1.807) is 10.9 Å². The van der Waals surface area contributed by atoms with Gasteiger partial charge in [-0.15, -0.1) is 0 Å². The number of aryl methyl sites for hydroxylation is 1. The molecule has 0 saturated carbocycles. The zero-order valence-corrected chi connectivity index (χ0v) is 15.7. The number of anilines is 3. The zero-order chi connectivity index (χ0) is 20.5. The van der Waals surface area contributed by atoms with E-state index in [1.165, 1.54) is 6.07 Å². The predicted molar refractivity (Wildman–Crippen MR) is 104 cm³/mol. The average molecular weight is 402 g/mol. The van der Waals surface area contributed by atoms with E-state index in [-0.39, 0.29) is 34.5 Å². The number of nitrogens with one attached hydrogen (secondary N) is 2. The van der Waals surface area contributed by atoms with E-state index < -0.39 is 11.6 Å². The summed E-state index contributed by atoms with van der Waals surface area (Å²) in [6.07, 6.45) is 5.20. The van der Waals surface area contributed by atoms with Gasteiger partial charge in [0, 0.05) is 26.3 Å². The maximum absolute atomic E-state index is 14.2. The molecule has 9 nitrogen and oxygen atoms in total. The predicted octanol–water partition coefficient (Wildman–Crippen LogP) is 1.58. The second kappa shape index (κ2) is 7.49. The summed E-state index contributed by atoms with van der Waals surface area (Å²) < 4.78 is 29.6. The highest BCUT2D eigenvalue weighted by molar-refractivity contribution is 5.91. The fourth-order valence-corrected chi connectivity index (χ4v) is 3.49. The Morgan fingerprint density at radius 2 is 2.14 bits per heavy atom. The summed E-state index contributed by atoms with van der Waals surface area (Å²) >= 11 is 0. The first-order valence-electron chi connectivity index (χ1n) is 9.13. The van der Waals surface area contributed by atoms with Crippen molar-refractivity contribution in [2.75, 3.05) is 29.1 Å². The van der Waals surface area contributed by atoms with Gasteiger partial charge in [-0.3, -0.25) is 20.3 Å². The number of hydrazine groups is 1. The Balaban J connectivity index is 1.49. The number of nitrogens with two attached hydrogens (primary N) is 1. The van der Waals surface area contributed by atoms with Crippen LogP contribution in [0.5, 0.6) is 0 Å². The van der Waals surface area contributed by atoms with E-state index in [9.17, 15) is 13.6 Å². The van der Waals surface area contributed by atoms with Gasteiger partial charge in [-0.1, -0.05) is 0 Å². The van der Waals surface area contributed by atoms with Crippen molar-refractivity contribution in [2.45, 2.75) is 12.8 Å². The van der Waals surface area contributed by atoms with Crippen molar-refractivity contribution in [1.82, 2.24) is 25.2 Å². The van der Waals surface area contributed by atoms with Crippen LogP contribution in [0.4, 0.5) is 26.2 Å². The average Bonchev–Trinajstić information content (AvgIpc) is 3.15. The minimum absolute atomic E-state index is 0.0993. The fraction of sp³-hybridized carbons (Fsp3) is 0.333. The molecule has 3 heterocycles. The molecule has 0 bridgehead atoms. The number of nitrogen functional groups attached to an aromatic ring is 1. The lowest BCUT2D eigenvalue weighted by molar-refractivity contribution is -0.124. The van der Waals surface area contributed by atoms with Crippen LogP contribution >= 0.6 is 0 Å². The summed E-state index contributed by atoms with van der Waals surface area (Å²) in [5.74, 6) is -2.94. The van der Waals surface area contributed by atoms with Gasteiger partial charge in [0.1, 0.15) is 0 Å². The molecule has 3 aromatic rings. The molecule has 1 saturated heterocycles. The SMILES string of the molecule is Cn1cc(N2CCC[C@@H](C(=O)NNc3nc(N)nc4ccc(F)c(F)c34)C2)cn1. The Labute approximate surface area is 164 Å². The molecule has 0 spiro atoms. The summed E-state index contributed by atoms with van der Waals surface area (Å²) in [7, 11) is 1.83. The van der Waals surface area contributed by atoms with Crippen LogP contribution in [0, 0.1) is 17.6 Å². The summed E-state index contributed by atoms with van der Waals surface area (Å²) in [4.78, 5) is 22.5. The molecule has 1 fully saturated rings. The van der Waals surface area contributed by atoms with Crippen molar-refractivity contribution in [1.29, 1.82) is 0 Å². The highest BCUT2D eigenvalue weighted by Gasteiger charge is 2.27. The molecule has 1 aromatic carbocycles. The van der Waals surface area contributed by atoms with E-state index in [2.05, 4.69) is 30.8 Å². The number of benzene rings is 1. The van der Waals surface area contributed by atoms with Crippen LogP contribution in [0.25, 0.3) is 10.9 Å². The number of aromatic nitrogens is 4. The number of nitrogens with zero attached hydrogens (tertiary/aromatic N) is 5. The van der Waals surface area contributed by atoms with Crippen molar-refractivity contribution in [3.63, 3.8) is 0 Å². The van der Waals surface area contributed by atoms with Gasteiger partial charge in [-0.05, 0) is 25.0 Å². The lowest BCUT2D eigenvalue weighted by Crippen LogP contribution is -2.44. The van der Waals surface area contributed by atoms with Crippen LogP contribution in [-0.2, 0) is 11.8 Å². The second-order valence-electron chi connectivity index (χ2n) is 6.96. The van der Waals surface area contributed by atoms with E-state index in [0.29, 0.717) is 13.0 Å². The Kier molecular flexibility index (Phi) is 4.87. The van der Waals surface area contributed by atoms with E-state index in [1.807, 2.05) is 13.2 Å². The number of piperidine rings is 1. The van der Waals surface area contributed by atoms with Gasteiger partial charge in [0.05, 0.1) is 28.7 Å². The van der Waals surface area contributed by atoms with Gasteiger partial charge in [0.15, 0.2) is 17.5 Å². The second-order valence-corrected chi connectivity index (χ2v) is 6.96. The third-order valence-electron chi connectivity index (χ3n) is 4.92. The van der Waals surface area contributed by atoms with Crippen molar-refractivity contribution in [3.8, 4) is 0 Å². The molecule has 1 aliphatic rings. The molecule has 0 aliphatic carbocycles. The standard InChI is InChI=1S/C18H20F2N8O/c1-27-9-11(7-22-27)28-6-2-3-10(8-28)17(29)26-25-16-14-13(23-18(21)24-16)5-4-12(19)15(14)20/h4-5,7,9-10H,2-3,6,8H2,1H3,(H,26,29)(H3,21,23,24,25)/t10-/m1/s1. The first-order valence-corrected chi connectivity index (χ1v) is 9.13. The van der Waals surface area contributed by atoms with Gasteiger partial charge in [-0.2, -0.15) is 10.1 Å². The maximum atomic E-state index is 14.2. The summed E-state index contributed by atoms with van der Waals surface area (Å²) in [5.41, 5.74) is 11.8. The number of halogens is 2. The van der Waals surface area contributed by atoms with Crippen LogP contribution in [0.3, 0.4) is 0 Å². The van der Waals surface area contributed by atoms with Gasteiger partial charge < -0.3 is 10.6 Å². The van der Waals surface area contributed by atoms with E-state index in [0.717, 1.165) is 24.7 Å². The molecular weight excluding hydrogens is 382 g/mol. The van der Waals surface area contributed by atoms with Crippen molar-refractivity contribution < 1.29 is 13.6 Å². The molecule has 1 amide bonds. The third kappa shape index (κ3) is 3.75. The monoisotopic (exact) mass is 402 g/mol. The highest BCUT2D eigenvalue weighted by Crippen LogP contribution is 2.26. The normalized spacial score (nSPS) is 16.8. The van der Waals surface area contributed by atoms with Gasteiger partial charge >= 0.3 is 0 Å². The lowest BCUT2D eigenvalue weighted by atomic mass is 9.97. The fourth-order valence-electron chi connectivity index (χ4n) is 3.49. The van der Waals surface area contributed by atoms with Gasteiger partial charge in [0.2, 0.25) is 11.9 Å². The Morgan fingerprint density at radius 3 is 2.90 bits per heavy atom. The molecular formula is C18H20F2N8O. The van der Waals surface area contributed by atoms with Gasteiger partial charge in [-0.25, -0.2) is 13.8 Å². The quantitative estimate of drug-likeness (QED) is 0.568. The number of hydrogen-bond acceptors (Lipinski definition) is 7. The topological polar surface area (TPSA) is 114 Å². The van der Waals surface area contributed by atoms with Crippen LogP contribution in [0.1, 0.15) is 12.8 Å². The molecule has 0 unspecified atom stereocenters. The van der Waals surface area contributed by atoms with Crippen LogP contribution < -0.4 is 21.5 Å². The molecule has 152 valence electrons. The summed E-state index contributed by atoms with van der Waals surface area (Å²) in [6, 6.07) is 2.26. The van der Waals surface area contributed by atoms with E-state index in [4.69, 9.17) is 5.73 Å². The smallest absolute Gasteiger partial charge is 0.243 e. The first kappa shape index (κ1) is 18.8. The number of carbonyl (C=O) groups is 1.